The van der Waals surface area contributed by atoms with E-state index in [0.717, 1.165) is 28.3 Å². The summed E-state index contributed by atoms with van der Waals surface area (Å²) in [6.07, 6.45) is 3.79. The van der Waals surface area contributed by atoms with Crippen LogP contribution in [0.2, 0.25) is 0 Å². The lowest BCUT2D eigenvalue weighted by Crippen LogP contribution is -2.30. The van der Waals surface area contributed by atoms with Crippen LogP contribution in [0, 0.1) is 6.92 Å². The van der Waals surface area contributed by atoms with Crippen molar-refractivity contribution < 1.29 is 9.53 Å². The number of hydrogen-bond donors (Lipinski definition) is 1. The Labute approximate surface area is 203 Å². The summed E-state index contributed by atoms with van der Waals surface area (Å²) in [7, 11) is 1.39. The lowest BCUT2D eigenvalue weighted by Gasteiger charge is -2.29. The molecule has 1 saturated heterocycles. The first-order chi connectivity index (χ1) is 16.6. The molecule has 0 unspecified atom stereocenters. The number of rotatable bonds is 5. The molecular formula is C27H24N4O2S. The number of anilines is 1. The molecule has 0 aliphatic carbocycles. The van der Waals surface area contributed by atoms with Crippen LogP contribution in [-0.2, 0) is 4.74 Å². The van der Waals surface area contributed by atoms with Gasteiger partial charge in [0.05, 0.1) is 24.4 Å². The maximum absolute atomic E-state index is 12.2. The predicted molar refractivity (Wildman–Crippen MR) is 136 cm³/mol. The number of methoxy groups -OCH3 is 1. The Morgan fingerprint density at radius 2 is 1.82 bits per heavy atom. The van der Waals surface area contributed by atoms with Gasteiger partial charge in [-0.1, -0.05) is 24.3 Å². The van der Waals surface area contributed by atoms with Gasteiger partial charge in [-0.05, 0) is 79.3 Å². The molecule has 2 atom stereocenters. The third kappa shape index (κ3) is 3.95. The van der Waals surface area contributed by atoms with Crippen LogP contribution in [0.1, 0.15) is 39.4 Å². The van der Waals surface area contributed by atoms with E-state index in [2.05, 4.69) is 51.0 Å². The Bertz CT molecular complexity index is 1350. The van der Waals surface area contributed by atoms with E-state index in [1.54, 1.807) is 12.3 Å². The summed E-state index contributed by atoms with van der Waals surface area (Å²) in [5.74, 6) is -0.369. The molecule has 2 aromatic carbocycles. The van der Waals surface area contributed by atoms with Crippen LogP contribution in [0.4, 0.5) is 5.69 Å². The third-order valence-corrected chi connectivity index (χ3v) is 6.32. The van der Waals surface area contributed by atoms with E-state index in [-0.39, 0.29) is 18.1 Å². The van der Waals surface area contributed by atoms with Crippen molar-refractivity contribution in [3.8, 4) is 5.69 Å². The summed E-state index contributed by atoms with van der Waals surface area (Å²) in [6.45, 7) is 2.07. The molecule has 1 aliphatic rings. The highest BCUT2D eigenvalue weighted by Crippen LogP contribution is 2.42. The summed E-state index contributed by atoms with van der Waals surface area (Å²) in [6, 6.07) is 25.4. The zero-order valence-corrected chi connectivity index (χ0v) is 19.7. The zero-order chi connectivity index (χ0) is 23.7. The fourth-order valence-electron chi connectivity index (χ4n) is 4.48. The van der Waals surface area contributed by atoms with Gasteiger partial charge in [-0.25, -0.2) is 4.79 Å². The summed E-state index contributed by atoms with van der Waals surface area (Å²) >= 11 is 5.84. The molecule has 0 spiro atoms. The standard InChI is InChI=1S/C27H24N4O2S/c1-18-8-5-11-21(16-18)31-25(24(29-27(31)34)22-12-3-4-14-28-22)23-13-7-15-30(23)20-10-6-9-19(17-20)26(32)33-2/h3-17,24-25H,1-2H3,(H,29,34)/t24-,25-/m0/s1. The molecule has 0 amide bonds. The van der Waals surface area contributed by atoms with E-state index in [4.69, 9.17) is 17.0 Å². The number of carbonyl (C=O) groups excluding carboxylic acids is 1. The van der Waals surface area contributed by atoms with Gasteiger partial charge in [0.15, 0.2) is 5.11 Å². The lowest BCUT2D eigenvalue weighted by atomic mass is 10.0. The highest BCUT2D eigenvalue weighted by Gasteiger charge is 2.42. The van der Waals surface area contributed by atoms with Crippen molar-refractivity contribution in [1.82, 2.24) is 14.9 Å². The van der Waals surface area contributed by atoms with Crippen LogP contribution < -0.4 is 10.2 Å². The monoisotopic (exact) mass is 468 g/mol. The van der Waals surface area contributed by atoms with Crippen molar-refractivity contribution in [3.63, 3.8) is 0 Å². The molecule has 0 saturated carbocycles. The number of hydrogen-bond acceptors (Lipinski definition) is 4. The number of ether oxygens (including phenoxy) is 1. The Balaban J connectivity index is 1.66. The number of pyridine rings is 1. The quantitative estimate of drug-likeness (QED) is 0.323. The smallest absolute Gasteiger partial charge is 0.337 e. The molecule has 5 rings (SSSR count). The molecule has 2 aromatic heterocycles. The first-order valence-electron chi connectivity index (χ1n) is 11.0. The van der Waals surface area contributed by atoms with Gasteiger partial charge in [-0.3, -0.25) is 4.98 Å². The Kier molecular flexibility index (Phi) is 5.86. The zero-order valence-electron chi connectivity index (χ0n) is 18.9. The molecule has 34 heavy (non-hydrogen) atoms. The van der Waals surface area contributed by atoms with E-state index < -0.39 is 0 Å². The number of aromatic nitrogens is 2. The van der Waals surface area contributed by atoms with Crippen LogP contribution in [0.25, 0.3) is 5.69 Å². The van der Waals surface area contributed by atoms with Crippen molar-refractivity contribution in [2.45, 2.75) is 19.0 Å². The minimum Gasteiger partial charge on any atom is -0.465 e. The van der Waals surface area contributed by atoms with Crippen LogP contribution >= 0.6 is 12.2 Å². The number of esters is 1. The lowest BCUT2D eigenvalue weighted by molar-refractivity contribution is 0.0600. The summed E-state index contributed by atoms with van der Waals surface area (Å²) in [4.78, 5) is 18.9. The molecule has 7 heteroatoms. The minimum absolute atomic E-state index is 0.161. The molecule has 3 heterocycles. The van der Waals surface area contributed by atoms with Crippen molar-refractivity contribution in [2.24, 2.45) is 0 Å². The Morgan fingerprint density at radius 3 is 2.59 bits per heavy atom. The fourth-order valence-corrected chi connectivity index (χ4v) is 4.83. The molecule has 1 fully saturated rings. The largest absolute Gasteiger partial charge is 0.465 e. The van der Waals surface area contributed by atoms with Crippen molar-refractivity contribution in [2.75, 3.05) is 12.0 Å². The van der Waals surface area contributed by atoms with Crippen molar-refractivity contribution in [1.29, 1.82) is 0 Å². The van der Waals surface area contributed by atoms with Crippen LogP contribution in [-0.4, -0.2) is 27.7 Å². The second kappa shape index (κ2) is 9.11. The molecule has 0 bridgehead atoms. The van der Waals surface area contributed by atoms with Gasteiger partial charge in [0, 0.05) is 29.5 Å². The molecule has 4 aromatic rings. The minimum atomic E-state index is -0.369. The molecule has 0 radical (unpaired) electrons. The molecule has 1 N–H and O–H groups in total. The second-order valence-corrected chi connectivity index (χ2v) is 8.57. The molecule has 170 valence electrons. The molecular weight excluding hydrogens is 444 g/mol. The fraction of sp³-hybridized carbons (Fsp3) is 0.148. The third-order valence-electron chi connectivity index (χ3n) is 6.01. The number of carbonyl (C=O) groups is 1. The SMILES string of the molecule is COC(=O)c1cccc(-n2cccc2[C@H]2[C@H](c3ccccn3)NC(=S)N2c2cccc(C)c2)c1. The maximum atomic E-state index is 12.2. The van der Waals surface area contributed by atoms with Gasteiger partial charge in [-0.15, -0.1) is 0 Å². The number of aryl methyl sites for hydroxylation is 1. The van der Waals surface area contributed by atoms with Gasteiger partial charge in [-0.2, -0.15) is 0 Å². The first-order valence-corrected chi connectivity index (χ1v) is 11.4. The first kappa shape index (κ1) is 21.9. The van der Waals surface area contributed by atoms with E-state index in [9.17, 15) is 4.79 Å². The van der Waals surface area contributed by atoms with Gasteiger partial charge >= 0.3 is 5.97 Å². The van der Waals surface area contributed by atoms with Gasteiger partial charge in [0.1, 0.15) is 6.04 Å². The van der Waals surface area contributed by atoms with Gasteiger partial charge in [0.2, 0.25) is 0 Å². The number of thiocarbonyl (C=S) groups is 1. The van der Waals surface area contributed by atoms with E-state index in [1.165, 1.54) is 7.11 Å². The predicted octanol–water partition coefficient (Wildman–Crippen LogP) is 5.14. The van der Waals surface area contributed by atoms with Crippen LogP contribution in [0.5, 0.6) is 0 Å². The average Bonchev–Trinajstić information content (AvgIpc) is 3.48. The highest BCUT2D eigenvalue weighted by molar-refractivity contribution is 7.80. The van der Waals surface area contributed by atoms with E-state index in [1.807, 2.05) is 54.7 Å². The van der Waals surface area contributed by atoms with Crippen LogP contribution in [0.3, 0.4) is 0 Å². The van der Waals surface area contributed by atoms with Crippen LogP contribution in [0.15, 0.2) is 91.3 Å². The second-order valence-electron chi connectivity index (χ2n) is 8.18. The topological polar surface area (TPSA) is 59.4 Å². The molecule has 1 aliphatic heterocycles. The van der Waals surface area contributed by atoms with E-state index >= 15 is 0 Å². The number of benzene rings is 2. The highest BCUT2D eigenvalue weighted by atomic mass is 32.1. The maximum Gasteiger partial charge on any atom is 0.337 e. The molecule has 6 nitrogen and oxygen atoms in total. The van der Waals surface area contributed by atoms with Crippen molar-refractivity contribution >= 4 is 29.0 Å². The normalized spacial score (nSPS) is 17.5. The van der Waals surface area contributed by atoms with Gasteiger partial charge in [0.25, 0.3) is 0 Å². The van der Waals surface area contributed by atoms with Crippen molar-refractivity contribution in [3.05, 3.63) is 114 Å². The average molecular weight is 469 g/mol. The number of nitrogens with one attached hydrogen (secondary N) is 1. The summed E-state index contributed by atoms with van der Waals surface area (Å²) in [5, 5.41) is 4.14. The Morgan fingerprint density at radius 1 is 1.00 bits per heavy atom. The van der Waals surface area contributed by atoms with E-state index in [0.29, 0.717) is 10.7 Å². The summed E-state index contributed by atoms with van der Waals surface area (Å²) in [5.41, 5.74) is 5.45. The summed E-state index contributed by atoms with van der Waals surface area (Å²) < 4.78 is 7.01. The number of nitrogens with zero attached hydrogens (tertiary/aromatic N) is 3. The Hall–Kier alpha value is -3.97. The van der Waals surface area contributed by atoms with Gasteiger partial charge < -0.3 is 19.5 Å².